The average molecular weight is 256 g/mol. The van der Waals surface area contributed by atoms with E-state index in [4.69, 9.17) is 4.74 Å². The maximum atomic E-state index is 12.0. The van der Waals surface area contributed by atoms with Gasteiger partial charge in [-0.05, 0) is 11.6 Å². The Kier molecular flexibility index (Phi) is 5.51. The summed E-state index contributed by atoms with van der Waals surface area (Å²) in [5, 5.41) is 14.1. The molecule has 0 amide bonds. The number of nitrogens with one attached hydrogen (secondary N) is 1. The molecule has 0 aliphatic carbocycles. The summed E-state index contributed by atoms with van der Waals surface area (Å²) in [5.74, 6) is 0.103. The standard InChI is InChI=1S/C12H17FN2O3/c1-9(2)14-8-10-3-4-12(18-6-5-13)11(7-10)15(16)17/h3-4,7,9,14H,5-6,8H2,1-2H3. The number of benzene rings is 1. The van der Waals surface area contributed by atoms with Crippen LogP contribution in [-0.2, 0) is 6.54 Å². The van der Waals surface area contributed by atoms with Crippen LogP contribution < -0.4 is 10.1 Å². The predicted octanol–water partition coefficient (Wildman–Crippen LogP) is 2.44. The molecule has 0 unspecified atom stereocenters. The summed E-state index contributed by atoms with van der Waals surface area (Å²) in [5.41, 5.74) is 0.662. The number of hydrogen-bond acceptors (Lipinski definition) is 4. The van der Waals surface area contributed by atoms with Gasteiger partial charge in [-0.2, -0.15) is 0 Å². The minimum atomic E-state index is -0.673. The fourth-order valence-electron chi connectivity index (χ4n) is 1.41. The zero-order valence-corrected chi connectivity index (χ0v) is 10.5. The van der Waals surface area contributed by atoms with E-state index in [-0.39, 0.29) is 18.0 Å². The summed E-state index contributed by atoms with van der Waals surface area (Å²) in [7, 11) is 0. The molecule has 1 rings (SSSR count). The normalized spacial score (nSPS) is 10.7. The minimum absolute atomic E-state index is 0.103. The quantitative estimate of drug-likeness (QED) is 0.601. The lowest BCUT2D eigenvalue weighted by atomic mass is 10.2. The third-order valence-electron chi connectivity index (χ3n) is 2.27. The third-order valence-corrected chi connectivity index (χ3v) is 2.27. The summed E-state index contributed by atoms with van der Waals surface area (Å²) in [4.78, 5) is 10.4. The summed E-state index contributed by atoms with van der Waals surface area (Å²) in [6, 6.07) is 4.98. The number of alkyl halides is 1. The van der Waals surface area contributed by atoms with Gasteiger partial charge in [0.25, 0.3) is 0 Å². The SMILES string of the molecule is CC(C)NCc1ccc(OCCF)c([N+](=O)[O-])c1. The van der Waals surface area contributed by atoms with E-state index in [0.717, 1.165) is 5.56 Å². The zero-order valence-electron chi connectivity index (χ0n) is 10.5. The van der Waals surface area contributed by atoms with Crippen molar-refractivity contribution in [1.82, 2.24) is 5.32 Å². The highest BCUT2D eigenvalue weighted by molar-refractivity contribution is 5.48. The largest absolute Gasteiger partial charge is 0.484 e. The lowest BCUT2D eigenvalue weighted by Crippen LogP contribution is -2.21. The number of ether oxygens (including phenoxy) is 1. The fraction of sp³-hybridized carbons (Fsp3) is 0.500. The number of rotatable bonds is 7. The van der Waals surface area contributed by atoms with E-state index in [0.29, 0.717) is 12.6 Å². The van der Waals surface area contributed by atoms with Gasteiger partial charge in [-0.25, -0.2) is 4.39 Å². The van der Waals surface area contributed by atoms with Gasteiger partial charge in [0.05, 0.1) is 4.92 Å². The third kappa shape index (κ3) is 4.29. The monoisotopic (exact) mass is 256 g/mol. The molecular weight excluding hydrogens is 239 g/mol. The van der Waals surface area contributed by atoms with E-state index in [1.807, 2.05) is 13.8 Å². The molecule has 0 spiro atoms. The van der Waals surface area contributed by atoms with E-state index in [1.54, 1.807) is 6.07 Å². The van der Waals surface area contributed by atoms with Crippen molar-refractivity contribution < 1.29 is 14.1 Å². The molecule has 5 nitrogen and oxygen atoms in total. The molecule has 0 saturated heterocycles. The smallest absolute Gasteiger partial charge is 0.311 e. The Labute approximate surface area is 105 Å². The lowest BCUT2D eigenvalue weighted by molar-refractivity contribution is -0.385. The molecule has 100 valence electrons. The highest BCUT2D eigenvalue weighted by Crippen LogP contribution is 2.27. The van der Waals surface area contributed by atoms with Gasteiger partial charge in [0.15, 0.2) is 5.75 Å². The van der Waals surface area contributed by atoms with Crippen LogP contribution in [0, 0.1) is 10.1 Å². The summed E-state index contributed by atoms with van der Waals surface area (Å²) < 4.78 is 17.0. The van der Waals surface area contributed by atoms with Crippen molar-refractivity contribution in [2.24, 2.45) is 0 Å². The maximum Gasteiger partial charge on any atom is 0.311 e. The van der Waals surface area contributed by atoms with Crippen molar-refractivity contribution >= 4 is 5.69 Å². The molecule has 0 bridgehead atoms. The Balaban J connectivity index is 2.85. The molecule has 0 aromatic heterocycles. The summed E-state index contributed by atoms with van der Waals surface area (Å²) in [6.45, 7) is 3.68. The van der Waals surface area contributed by atoms with E-state index < -0.39 is 11.6 Å². The molecule has 6 heteroatoms. The van der Waals surface area contributed by atoms with Crippen LogP contribution in [0.2, 0.25) is 0 Å². The minimum Gasteiger partial charge on any atom is -0.484 e. The lowest BCUT2D eigenvalue weighted by Gasteiger charge is -2.09. The molecule has 0 radical (unpaired) electrons. The number of nitro benzene ring substituents is 1. The van der Waals surface area contributed by atoms with E-state index in [9.17, 15) is 14.5 Å². The zero-order chi connectivity index (χ0) is 13.5. The molecule has 0 aliphatic rings. The van der Waals surface area contributed by atoms with Gasteiger partial charge in [0.1, 0.15) is 13.3 Å². The van der Waals surface area contributed by atoms with Crippen molar-refractivity contribution in [1.29, 1.82) is 0 Å². The van der Waals surface area contributed by atoms with Gasteiger partial charge in [-0.1, -0.05) is 19.9 Å². The molecule has 0 atom stereocenters. The first-order valence-electron chi connectivity index (χ1n) is 5.74. The second-order valence-corrected chi connectivity index (χ2v) is 4.13. The van der Waals surface area contributed by atoms with Gasteiger partial charge in [-0.3, -0.25) is 10.1 Å². The van der Waals surface area contributed by atoms with Gasteiger partial charge < -0.3 is 10.1 Å². The number of halogens is 1. The molecular formula is C12H17FN2O3. The predicted molar refractivity (Wildman–Crippen MR) is 66.5 cm³/mol. The van der Waals surface area contributed by atoms with Gasteiger partial charge >= 0.3 is 5.69 Å². The Morgan fingerprint density at radius 3 is 2.78 bits per heavy atom. The average Bonchev–Trinajstić information content (AvgIpc) is 2.34. The fourth-order valence-corrected chi connectivity index (χ4v) is 1.41. The van der Waals surface area contributed by atoms with Gasteiger partial charge in [0, 0.05) is 18.7 Å². The molecule has 0 saturated carbocycles. The van der Waals surface area contributed by atoms with Crippen LogP contribution in [0.1, 0.15) is 19.4 Å². The molecule has 1 aromatic rings. The highest BCUT2D eigenvalue weighted by Gasteiger charge is 2.15. The molecule has 0 fully saturated rings. The van der Waals surface area contributed by atoms with Crippen LogP contribution in [0.15, 0.2) is 18.2 Å². The van der Waals surface area contributed by atoms with Crippen LogP contribution >= 0.6 is 0 Å². The molecule has 1 N–H and O–H groups in total. The topological polar surface area (TPSA) is 64.4 Å². The van der Waals surface area contributed by atoms with Gasteiger partial charge in [-0.15, -0.1) is 0 Å². The first-order valence-corrected chi connectivity index (χ1v) is 5.74. The summed E-state index contributed by atoms with van der Waals surface area (Å²) >= 11 is 0. The van der Waals surface area contributed by atoms with Crippen molar-refractivity contribution in [3.63, 3.8) is 0 Å². The Bertz CT molecular complexity index is 410. The number of nitro groups is 1. The second kappa shape index (κ2) is 6.90. The molecule has 0 heterocycles. The highest BCUT2D eigenvalue weighted by atomic mass is 19.1. The van der Waals surface area contributed by atoms with Crippen LogP contribution in [0.5, 0.6) is 5.75 Å². The van der Waals surface area contributed by atoms with Crippen molar-refractivity contribution in [2.75, 3.05) is 13.3 Å². The molecule has 1 aromatic carbocycles. The Morgan fingerprint density at radius 2 is 2.22 bits per heavy atom. The van der Waals surface area contributed by atoms with Crippen LogP contribution in [0.3, 0.4) is 0 Å². The Morgan fingerprint density at radius 1 is 1.50 bits per heavy atom. The van der Waals surface area contributed by atoms with Crippen molar-refractivity contribution in [3.05, 3.63) is 33.9 Å². The first kappa shape index (κ1) is 14.4. The summed E-state index contributed by atoms with van der Waals surface area (Å²) in [6.07, 6.45) is 0. The van der Waals surface area contributed by atoms with E-state index in [1.165, 1.54) is 12.1 Å². The van der Waals surface area contributed by atoms with E-state index >= 15 is 0 Å². The maximum absolute atomic E-state index is 12.0. The van der Waals surface area contributed by atoms with Gasteiger partial charge in [0.2, 0.25) is 0 Å². The molecule has 18 heavy (non-hydrogen) atoms. The van der Waals surface area contributed by atoms with E-state index in [2.05, 4.69) is 5.32 Å². The number of hydrogen-bond donors (Lipinski definition) is 1. The first-order chi connectivity index (χ1) is 8.54. The van der Waals surface area contributed by atoms with Crippen molar-refractivity contribution in [2.45, 2.75) is 26.4 Å². The van der Waals surface area contributed by atoms with Crippen LogP contribution in [0.25, 0.3) is 0 Å². The molecule has 0 aliphatic heterocycles. The Hall–Kier alpha value is -1.69. The van der Waals surface area contributed by atoms with Crippen molar-refractivity contribution in [3.8, 4) is 5.75 Å². The second-order valence-electron chi connectivity index (χ2n) is 4.13. The van der Waals surface area contributed by atoms with Crippen LogP contribution in [-0.4, -0.2) is 24.2 Å². The number of nitrogens with zero attached hydrogens (tertiary/aromatic N) is 1. The van der Waals surface area contributed by atoms with Crippen LogP contribution in [0.4, 0.5) is 10.1 Å².